The minimum atomic E-state index is 0.212. The topological polar surface area (TPSA) is 91.7 Å². The lowest BCUT2D eigenvalue weighted by Crippen LogP contribution is -2.33. The number of phenolic OH excluding ortho intramolecular Hbond substituents is 3. The van der Waals surface area contributed by atoms with E-state index in [9.17, 15) is 15.3 Å². The molecule has 3 aromatic rings. The molecule has 0 aliphatic carbocycles. The van der Waals surface area contributed by atoms with Gasteiger partial charge in [-0.1, -0.05) is 36.4 Å². The van der Waals surface area contributed by atoms with Gasteiger partial charge in [-0.15, -0.1) is 0 Å². The minimum Gasteiger partial charge on any atom is -0.507 e. The molecule has 0 bridgehead atoms. The first-order chi connectivity index (χ1) is 16.6. The van der Waals surface area contributed by atoms with Crippen LogP contribution in [0.25, 0.3) is 0 Å². The molecule has 1 heterocycles. The summed E-state index contributed by atoms with van der Waals surface area (Å²) in [5.74, 6) is 1.63. The van der Waals surface area contributed by atoms with Gasteiger partial charge in [0, 0.05) is 23.6 Å². The Hall–Kier alpha value is -4.13. The predicted octanol–water partition coefficient (Wildman–Crippen LogP) is 3.12. The Balaban J connectivity index is 1.46. The van der Waals surface area contributed by atoms with E-state index >= 15 is 0 Å². The highest BCUT2D eigenvalue weighted by atomic mass is 16.3. The van der Waals surface area contributed by atoms with Crippen LogP contribution in [0.5, 0.6) is 17.2 Å². The summed E-state index contributed by atoms with van der Waals surface area (Å²) in [5.41, 5.74) is 2.17. The van der Waals surface area contributed by atoms with Crippen molar-refractivity contribution in [2.75, 3.05) is 39.3 Å². The largest absolute Gasteiger partial charge is 0.507 e. The molecule has 0 amide bonds. The Morgan fingerprint density at radius 3 is 1.91 bits per heavy atom. The lowest BCUT2D eigenvalue weighted by Gasteiger charge is -2.13. The van der Waals surface area contributed by atoms with E-state index in [0.29, 0.717) is 37.3 Å². The molecule has 0 saturated heterocycles. The van der Waals surface area contributed by atoms with Gasteiger partial charge in [0.15, 0.2) is 0 Å². The van der Waals surface area contributed by atoms with Gasteiger partial charge < -0.3 is 15.3 Å². The summed E-state index contributed by atoms with van der Waals surface area (Å²) in [5, 5.41) is 30.3. The van der Waals surface area contributed by atoms with Gasteiger partial charge in [0.25, 0.3) is 5.84 Å². The van der Waals surface area contributed by atoms with Crippen molar-refractivity contribution in [2.45, 2.75) is 0 Å². The molecular weight excluding hydrogens is 428 g/mol. The van der Waals surface area contributed by atoms with Gasteiger partial charge in [-0.25, -0.2) is 0 Å². The van der Waals surface area contributed by atoms with Crippen molar-refractivity contribution >= 4 is 18.3 Å². The molecule has 7 nitrogen and oxygen atoms in total. The van der Waals surface area contributed by atoms with E-state index < -0.39 is 0 Å². The van der Waals surface area contributed by atoms with E-state index in [2.05, 4.69) is 19.5 Å². The number of benzene rings is 3. The summed E-state index contributed by atoms with van der Waals surface area (Å²) < 4.78 is 2.23. The molecule has 0 spiro atoms. The zero-order chi connectivity index (χ0) is 23.8. The van der Waals surface area contributed by atoms with Gasteiger partial charge in [-0.3, -0.25) is 19.5 Å². The molecule has 0 aromatic heterocycles. The number of hydrogen-bond acceptors (Lipinski definition) is 6. The third kappa shape index (κ3) is 5.61. The summed E-state index contributed by atoms with van der Waals surface area (Å²) in [6.07, 6.45) is 3.38. The molecule has 0 radical (unpaired) electrons. The van der Waals surface area contributed by atoms with E-state index in [1.54, 1.807) is 42.8 Å². The zero-order valence-electron chi connectivity index (χ0n) is 19.0. The van der Waals surface area contributed by atoms with Crippen LogP contribution in [-0.4, -0.2) is 82.3 Å². The smallest absolute Gasteiger partial charge is 0.283 e. The highest BCUT2D eigenvalue weighted by Crippen LogP contribution is 2.21. The summed E-state index contributed by atoms with van der Waals surface area (Å²) in [7, 11) is 0. The van der Waals surface area contributed by atoms with Crippen LogP contribution in [0.1, 0.15) is 16.7 Å². The molecule has 0 saturated carbocycles. The second-order valence-electron chi connectivity index (χ2n) is 8.00. The van der Waals surface area contributed by atoms with Gasteiger partial charge in [0.2, 0.25) is 0 Å². The molecule has 1 aliphatic heterocycles. The average molecular weight is 458 g/mol. The normalized spacial score (nSPS) is 14.1. The highest BCUT2D eigenvalue weighted by Gasteiger charge is 2.32. The predicted molar refractivity (Wildman–Crippen MR) is 135 cm³/mol. The lowest BCUT2D eigenvalue weighted by atomic mass is 10.1. The van der Waals surface area contributed by atoms with E-state index in [1.165, 1.54) is 0 Å². The Morgan fingerprint density at radius 2 is 1.29 bits per heavy atom. The van der Waals surface area contributed by atoms with Crippen LogP contribution >= 0.6 is 0 Å². The number of para-hydroxylation sites is 3. The molecule has 4 rings (SSSR count). The maximum atomic E-state index is 10.5. The Kier molecular flexibility index (Phi) is 7.55. The fraction of sp³-hybridized carbons (Fsp3) is 0.222. The minimum absolute atomic E-state index is 0.212. The number of aromatic hydroxyl groups is 3. The Labute approximate surface area is 199 Å². The molecule has 3 N–H and O–H groups in total. The van der Waals surface area contributed by atoms with Gasteiger partial charge in [-0.05, 0) is 36.4 Å². The second-order valence-corrected chi connectivity index (χ2v) is 8.00. The monoisotopic (exact) mass is 457 g/mol. The number of amidine groups is 1. The maximum Gasteiger partial charge on any atom is 0.283 e. The van der Waals surface area contributed by atoms with Crippen LogP contribution < -0.4 is 0 Å². The lowest BCUT2D eigenvalue weighted by molar-refractivity contribution is -0.514. The van der Waals surface area contributed by atoms with E-state index in [-0.39, 0.29) is 17.2 Å². The SMILES string of the molecule is Oc1ccccc1C=NCCN1CC[N+](CCN=Cc2ccccc2O)=C1c1ccccc1O. The van der Waals surface area contributed by atoms with Gasteiger partial charge in [-0.2, -0.15) is 0 Å². The summed E-state index contributed by atoms with van der Waals surface area (Å²) in [6.45, 7) is 4.13. The quantitative estimate of drug-likeness (QED) is 0.340. The molecule has 34 heavy (non-hydrogen) atoms. The van der Waals surface area contributed by atoms with Gasteiger partial charge in [0.1, 0.15) is 49.0 Å². The van der Waals surface area contributed by atoms with Gasteiger partial charge in [0.05, 0.1) is 13.1 Å². The van der Waals surface area contributed by atoms with Crippen molar-refractivity contribution in [2.24, 2.45) is 9.98 Å². The fourth-order valence-corrected chi connectivity index (χ4v) is 3.97. The number of nitrogens with zero attached hydrogens (tertiary/aromatic N) is 4. The highest BCUT2D eigenvalue weighted by molar-refractivity contribution is 5.98. The first-order valence-corrected chi connectivity index (χ1v) is 11.3. The maximum absolute atomic E-state index is 10.5. The first-order valence-electron chi connectivity index (χ1n) is 11.3. The van der Waals surface area contributed by atoms with Crippen LogP contribution in [0.15, 0.2) is 82.8 Å². The Morgan fingerprint density at radius 1 is 0.735 bits per heavy atom. The third-order valence-corrected chi connectivity index (χ3v) is 5.72. The van der Waals surface area contributed by atoms with Crippen LogP contribution in [0, 0.1) is 0 Å². The van der Waals surface area contributed by atoms with E-state index in [0.717, 1.165) is 24.5 Å². The number of hydrogen-bond donors (Lipinski definition) is 3. The van der Waals surface area contributed by atoms with Crippen LogP contribution in [-0.2, 0) is 0 Å². The van der Waals surface area contributed by atoms with Crippen LogP contribution in [0.4, 0.5) is 0 Å². The molecule has 0 fully saturated rings. The van der Waals surface area contributed by atoms with Crippen molar-refractivity contribution < 1.29 is 19.9 Å². The van der Waals surface area contributed by atoms with Crippen molar-refractivity contribution in [1.29, 1.82) is 0 Å². The molecule has 0 atom stereocenters. The molecule has 1 aliphatic rings. The Bertz CT molecular complexity index is 1220. The molecule has 7 heteroatoms. The van der Waals surface area contributed by atoms with Crippen LogP contribution in [0.2, 0.25) is 0 Å². The average Bonchev–Trinajstić information content (AvgIpc) is 3.24. The molecular formula is C27H29N4O3+. The molecule has 174 valence electrons. The third-order valence-electron chi connectivity index (χ3n) is 5.72. The number of rotatable bonds is 9. The molecule has 3 aromatic carbocycles. The van der Waals surface area contributed by atoms with E-state index in [4.69, 9.17) is 0 Å². The van der Waals surface area contributed by atoms with E-state index in [1.807, 2.05) is 42.5 Å². The first kappa shape index (κ1) is 23.0. The summed E-state index contributed by atoms with van der Waals surface area (Å²) in [6, 6.07) is 21.6. The van der Waals surface area contributed by atoms with Crippen LogP contribution in [0.3, 0.4) is 0 Å². The summed E-state index contributed by atoms with van der Waals surface area (Å²) >= 11 is 0. The standard InChI is InChI=1S/C27H28N4O3/c32-24-10-4-1-7-21(24)19-28-13-15-30-17-18-31(27(30)23-9-3-6-12-26(23)34)16-14-29-20-22-8-2-5-11-25(22)33/h1-12,19-20H,13-18H2,(H2,28,29,32,33)/p+1. The number of phenols is 3. The second kappa shape index (κ2) is 11.1. The summed E-state index contributed by atoms with van der Waals surface area (Å²) in [4.78, 5) is 11.2. The van der Waals surface area contributed by atoms with Gasteiger partial charge >= 0.3 is 0 Å². The van der Waals surface area contributed by atoms with Crippen molar-refractivity contribution in [3.05, 3.63) is 89.5 Å². The van der Waals surface area contributed by atoms with Crippen molar-refractivity contribution in [1.82, 2.24) is 4.90 Å². The van der Waals surface area contributed by atoms with Crippen molar-refractivity contribution in [3.8, 4) is 17.2 Å². The molecule has 0 unspecified atom stereocenters. The number of aliphatic imine (C=N–C) groups is 2. The zero-order valence-corrected chi connectivity index (χ0v) is 19.0. The van der Waals surface area contributed by atoms with Crippen molar-refractivity contribution in [3.63, 3.8) is 0 Å². The fourth-order valence-electron chi connectivity index (χ4n) is 3.97.